The summed E-state index contributed by atoms with van der Waals surface area (Å²) in [6.07, 6.45) is -1.25. The zero-order valence-corrected chi connectivity index (χ0v) is 6.29. The summed E-state index contributed by atoms with van der Waals surface area (Å²) in [6, 6.07) is 0. The summed E-state index contributed by atoms with van der Waals surface area (Å²) in [4.78, 5) is 21.0. The van der Waals surface area contributed by atoms with Crippen molar-refractivity contribution in [2.75, 3.05) is 7.11 Å². The highest BCUT2D eigenvalue weighted by atomic mass is 16.6. The normalized spacial score (nSPS) is 28.7. The monoisotopic (exact) mass is 159 g/mol. The van der Waals surface area contributed by atoms with E-state index in [4.69, 9.17) is 4.74 Å². The molecule has 1 aliphatic rings. The van der Waals surface area contributed by atoms with E-state index < -0.39 is 18.3 Å². The molecule has 0 unspecified atom stereocenters. The number of rotatable bonds is 2. The first-order valence-corrected chi connectivity index (χ1v) is 3.15. The highest BCUT2D eigenvalue weighted by Gasteiger charge is 2.41. The van der Waals surface area contributed by atoms with E-state index in [-0.39, 0.29) is 5.91 Å². The molecule has 1 saturated heterocycles. The molecule has 0 aromatic rings. The minimum Gasteiger partial charge on any atom is -0.438 e. The van der Waals surface area contributed by atoms with Crippen molar-refractivity contribution in [2.24, 2.45) is 0 Å². The number of methoxy groups -OCH3 is 1. The van der Waals surface area contributed by atoms with Crippen molar-refractivity contribution in [2.45, 2.75) is 19.3 Å². The van der Waals surface area contributed by atoms with Gasteiger partial charge in [0.1, 0.15) is 0 Å². The second-order valence-corrected chi connectivity index (χ2v) is 2.19. The molecule has 0 aromatic carbocycles. The first-order valence-electron chi connectivity index (χ1n) is 3.15. The number of hydrogen-bond acceptors (Lipinski definition) is 4. The molecule has 0 bridgehead atoms. The highest BCUT2D eigenvalue weighted by molar-refractivity contribution is 5.88. The summed E-state index contributed by atoms with van der Waals surface area (Å²) in [6.45, 7) is 1.27. The van der Waals surface area contributed by atoms with Crippen LogP contribution in [-0.4, -0.2) is 31.3 Å². The van der Waals surface area contributed by atoms with Crippen LogP contribution >= 0.6 is 0 Å². The van der Waals surface area contributed by atoms with Crippen LogP contribution in [0.2, 0.25) is 0 Å². The molecule has 0 saturated carbocycles. The fraction of sp³-hybridized carbons (Fsp3) is 0.667. The molecule has 1 fully saturated rings. The van der Waals surface area contributed by atoms with Crippen LogP contribution in [0.1, 0.15) is 6.92 Å². The van der Waals surface area contributed by atoms with Gasteiger partial charge >= 0.3 is 5.97 Å². The summed E-state index contributed by atoms with van der Waals surface area (Å²) in [5.41, 5.74) is 0. The van der Waals surface area contributed by atoms with E-state index in [1.165, 1.54) is 14.0 Å². The Hall–Kier alpha value is -1.10. The van der Waals surface area contributed by atoms with Gasteiger partial charge in [-0.2, -0.15) is 0 Å². The molecule has 1 N–H and O–H groups in total. The van der Waals surface area contributed by atoms with E-state index in [0.717, 1.165) is 0 Å². The van der Waals surface area contributed by atoms with Crippen molar-refractivity contribution in [3.63, 3.8) is 0 Å². The number of nitrogens with one attached hydrogen (secondary N) is 1. The van der Waals surface area contributed by atoms with Gasteiger partial charge in [0.15, 0.2) is 6.10 Å². The quantitative estimate of drug-likeness (QED) is 0.415. The average molecular weight is 159 g/mol. The number of β-lactam (4-membered cyclic amide) rings is 1. The summed E-state index contributed by atoms with van der Waals surface area (Å²) in [5.74, 6) is -0.684. The molecule has 0 radical (unpaired) electrons. The van der Waals surface area contributed by atoms with Gasteiger partial charge in [-0.15, -0.1) is 0 Å². The van der Waals surface area contributed by atoms with Crippen molar-refractivity contribution in [3.8, 4) is 0 Å². The standard InChI is InChI=1S/C6H9NO4/c1-3(8)11-6-4(10-2)5(9)7-6/h4,6H,1-2H3,(H,7,9)/t4-,6+/m1/s1. The molecule has 1 amide bonds. The maximum atomic E-state index is 10.6. The van der Waals surface area contributed by atoms with Gasteiger partial charge in [-0.25, -0.2) is 0 Å². The summed E-state index contributed by atoms with van der Waals surface area (Å²) in [5, 5.41) is 2.37. The van der Waals surface area contributed by atoms with Crippen LogP contribution in [0, 0.1) is 0 Å². The van der Waals surface area contributed by atoms with Crippen molar-refractivity contribution in [3.05, 3.63) is 0 Å². The predicted octanol–water partition coefficient (Wildman–Crippen LogP) is -0.980. The van der Waals surface area contributed by atoms with Crippen LogP contribution in [0.15, 0.2) is 0 Å². The second kappa shape index (κ2) is 2.87. The number of ether oxygens (including phenoxy) is 2. The molecular weight excluding hydrogens is 150 g/mol. The lowest BCUT2D eigenvalue weighted by Gasteiger charge is -2.33. The number of esters is 1. The first-order chi connectivity index (χ1) is 5.15. The molecule has 0 aliphatic carbocycles. The van der Waals surface area contributed by atoms with E-state index in [1.54, 1.807) is 0 Å². The average Bonchev–Trinajstić information content (AvgIpc) is 1.86. The van der Waals surface area contributed by atoms with Crippen LogP contribution in [0.25, 0.3) is 0 Å². The van der Waals surface area contributed by atoms with Gasteiger partial charge < -0.3 is 14.8 Å². The molecule has 5 nitrogen and oxygen atoms in total. The summed E-state index contributed by atoms with van der Waals surface area (Å²) >= 11 is 0. The molecule has 0 aromatic heterocycles. The minimum absolute atomic E-state index is 0.251. The van der Waals surface area contributed by atoms with E-state index in [0.29, 0.717) is 0 Å². The number of hydrogen-bond donors (Lipinski definition) is 1. The van der Waals surface area contributed by atoms with E-state index >= 15 is 0 Å². The summed E-state index contributed by atoms with van der Waals surface area (Å²) in [7, 11) is 1.39. The van der Waals surface area contributed by atoms with Crippen molar-refractivity contribution < 1.29 is 19.1 Å². The molecule has 1 aliphatic heterocycles. The van der Waals surface area contributed by atoms with Crippen LogP contribution in [0.3, 0.4) is 0 Å². The Morgan fingerprint density at radius 1 is 1.64 bits per heavy atom. The smallest absolute Gasteiger partial charge is 0.304 e. The second-order valence-electron chi connectivity index (χ2n) is 2.19. The maximum Gasteiger partial charge on any atom is 0.304 e. The lowest BCUT2D eigenvalue weighted by atomic mass is 10.2. The lowest BCUT2D eigenvalue weighted by Crippen LogP contribution is -2.64. The molecule has 11 heavy (non-hydrogen) atoms. The molecule has 1 rings (SSSR count). The summed E-state index contributed by atoms with van der Waals surface area (Å²) < 4.78 is 9.39. The van der Waals surface area contributed by atoms with Crippen molar-refractivity contribution >= 4 is 11.9 Å². The minimum atomic E-state index is -0.640. The zero-order valence-electron chi connectivity index (χ0n) is 6.29. The Morgan fingerprint density at radius 2 is 2.27 bits per heavy atom. The molecule has 62 valence electrons. The zero-order chi connectivity index (χ0) is 8.43. The third kappa shape index (κ3) is 1.48. The predicted molar refractivity (Wildman–Crippen MR) is 34.5 cm³/mol. The highest BCUT2D eigenvalue weighted by Crippen LogP contribution is 2.10. The Kier molecular flexibility index (Phi) is 2.09. The lowest BCUT2D eigenvalue weighted by molar-refractivity contribution is -0.179. The van der Waals surface area contributed by atoms with Gasteiger partial charge in [-0.3, -0.25) is 9.59 Å². The van der Waals surface area contributed by atoms with Crippen LogP contribution in [-0.2, 0) is 19.1 Å². The molecule has 2 atom stereocenters. The third-order valence-corrected chi connectivity index (χ3v) is 1.36. The number of carbonyl (C=O) groups excluding carboxylic acids is 2. The largest absolute Gasteiger partial charge is 0.438 e. The topological polar surface area (TPSA) is 64.6 Å². The maximum absolute atomic E-state index is 10.6. The molecule has 5 heteroatoms. The Morgan fingerprint density at radius 3 is 2.64 bits per heavy atom. The van der Waals surface area contributed by atoms with Gasteiger partial charge in [0.05, 0.1) is 0 Å². The van der Waals surface area contributed by atoms with Crippen molar-refractivity contribution in [1.82, 2.24) is 5.32 Å². The van der Waals surface area contributed by atoms with E-state index in [2.05, 4.69) is 10.1 Å². The number of carbonyl (C=O) groups is 2. The fourth-order valence-corrected chi connectivity index (χ4v) is 0.840. The van der Waals surface area contributed by atoms with Gasteiger partial charge in [0.25, 0.3) is 5.91 Å². The number of amides is 1. The van der Waals surface area contributed by atoms with Gasteiger partial charge in [0, 0.05) is 14.0 Å². The van der Waals surface area contributed by atoms with E-state index in [9.17, 15) is 9.59 Å². The van der Waals surface area contributed by atoms with Gasteiger partial charge in [-0.1, -0.05) is 0 Å². The first kappa shape index (κ1) is 8.00. The Balaban J connectivity index is 2.38. The van der Waals surface area contributed by atoms with Crippen LogP contribution in [0.4, 0.5) is 0 Å². The Bertz CT molecular complexity index is 191. The fourth-order valence-electron chi connectivity index (χ4n) is 0.840. The molecule has 0 spiro atoms. The third-order valence-electron chi connectivity index (χ3n) is 1.36. The van der Waals surface area contributed by atoms with E-state index in [1.807, 2.05) is 0 Å². The molecular formula is C6H9NO4. The van der Waals surface area contributed by atoms with Crippen LogP contribution < -0.4 is 5.32 Å². The van der Waals surface area contributed by atoms with Gasteiger partial charge in [0.2, 0.25) is 6.23 Å². The van der Waals surface area contributed by atoms with Gasteiger partial charge in [-0.05, 0) is 0 Å². The SMILES string of the molecule is CO[C@@H]1C(=O)N[C@H]1OC(C)=O. The molecule has 1 heterocycles. The van der Waals surface area contributed by atoms with Crippen molar-refractivity contribution in [1.29, 1.82) is 0 Å². The Labute approximate surface area is 63.7 Å². The van der Waals surface area contributed by atoms with Crippen LogP contribution in [0.5, 0.6) is 0 Å².